The SMILES string of the molecule is CC1(C)OC(=O)[C@H]([C@@H](CCCc2ccccc2)C(=O)O)O1. The van der Waals surface area contributed by atoms with Gasteiger partial charge in [-0.2, -0.15) is 0 Å². The Morgan fingerprint density at radius 2 is 2.00 bits per heavy atom. The van der Waals surface area contributed by atoms with Gasteiger partial charge in [-0.05, 0) is 24.8 Å². The number of hydrogen-bond donors (Lipinski definition) is 1. The Balaban J connectivity index is 1.94. The molecule has 0 aliphatic carbocycles. The maximum Gasteiger partial charge on any atom is 0.338 e. The van der Waals surface area contributed by atoms with Crippen LogP contribution in [0.4, 0.5) is 0 Å². The van der Waals surface area contributed by atoms with Gasteiger partial charge in [-0.25, -0.2) is 4.79 Å². The van der Waals surface area contributed by atoms with Crippen molar-refractivity contribution in [3.8, 4) is 0 Å². The minimum Gasteiger partial charge on any atom is -0.481 e. The molecule has 114 valence electrons. The summed E-state index contributed by atoms with van der Waals surface area (Å²) in [6.07, 6.45) is 0.804. The van der Waals surface area contributed by atoms with Gasteiger partial charge in [-0.15, -0.1) is 0 Å². The molecule has 0 unspecified atom stereocenters. The molecule has 2 atom stereocenters. The fourth-order valence-electron chi connectivity index (χ4n) is 2.50. The van der Waals surface area contributed by atoms with E-state index >= 15 is 0 Å². The summed E-state index contributed by atoms with van der Waals surface area (Å²) in [6.45, 7) is 3.21. The third kappa shape index (κ3) is 4.04. The molecule has 5 nitrogen and oxygen atoms in total. The molecule has 1 aromatic carbocycles. The lowest BCUT2D eigenvalue weighted by Gasteiger charge is -2.19. The average molecular weight is 292 g/mol. The van der Waals surface area contributed by atoms with E-state index in [1.807, 2.05) is 30.3 Å². The summed E-state index contributed by atoms with van der Waals surface area (Å²) in [5.41, 5.74) is 1.15. The number of esters is 1. The monoisotopic (exact) mass is 292 g/mol. The fourth-order valence-corrected chi connectivity index (χ4v) is 2.50. The van der Waals surface area contributed by atoms with E-state index in [0.717, 1.165) is 12.0 Å². The second kappa shape index (κ2) is 6.26. The van der Waals surface area contributed by atoms with E-state index in [9.17, 15) is 14.7 Å². The lowest BCUT2D eigenvalue weighted by Crippen LogP contribution is -2.34. The summed E-state index contributed by atoms with van der Waals surface area (Å²) < 4.78 is 10.5. The first kappa shape index (κ1) is 15.5. The van der Waals surface area contributed by atoms with Gasteiger partial charge in [0, 0.05) is 13.8 Å². The number of carbonyl (C=O) groups is 2. The molecule has 1 aliphatic heterocycles. The summed E-state index contributed by atoms with van der Waals surface area (Å²) in [6, 6.07) is 9.83. The first-order chi connectivity index (χ1) is 9.89. The van der Waals surface area contributed by atoms with Crippen LogP contribution in [0.2, 0.25) is 0 Å². The minimum atomic E-state index is -1.05. The standard InChI is InChI=1S/C16H20O5/c1-16(2)20-13(15(19)21-16)12(14(17)18)10-6-9-11-7-4-3-5-8-11/h3-5,7-8,12-13H,6,9-10H2,1-2H3,(H,17,18)/t12-,13+/m1/s1. The van der Waals surface area contributed by atoms with Gasteiger partial charge >= 0.3 is 11.9 Å². The first-order valence-corrected chi connectivity index (χ1v) is 7.06. The molecule has 0 amide bonds. The number of rotatable bonds is 6. The van der Waals surface area contributed by atoms with Crippen LogP contribution in [0.3, 0.4) is 0 Å². The molecule has 1 saturated heterocycles. The highest BCUT2D eigenvalue weighted by atomic mass is 16.8. The summed E-state index contributed by atoms with van der Waals surface area (Å²) in [5.74, 6) is -3.53. The minimum absolute atomic E-state index is 0.375. The zero-order valence-electron chi connectivity index (χ0n) is 12.2. The molecule has 0 saturated carbocycles. The Hall–Kier alpha value is -1.88. The van der Waals surface area contributed by atoms with Crippen molar-refractivity contribution in [2.75, 3.05) is 0 Å². The molecular formula is C16H20O5. The maximum atomic E-state index is 11.8. The van der Waals surface area contributed by atoms with Crippen molar-refractivity contribution in [3.63, 3.8) is 0 Å². The van der Waals surface area contributed by atoms with Gasteiger partial charge in [0.25, 0.3) is 0 Å². The molecule has 0 radical (unpaired) electrons. The fraction of sp³-hybridized carbons (Fsp3) is 0.500. The molecule has 5 heteroatoms. The van der Waals surface area contributed by atoms with Gasteiger partial charge in [0.2, 0.25) is 5.79 Å². The number of aliphatic carboxylic acids is 1. The van der Waals surface area contributed by atoms with Crippen molar-refractivity contribution in [1.29, 1.82) is 0 Å². The quantitative estimate of drug-likeness (QED) is 0.815. The smallest absolute Gasteiger partial charge is 0.338 e. The largest absolute Gasteiger partial charge is 0.481 e. The number of cyclic esters (lactones) is 1. The number of benzene rings is 1. The highest BCUT2D eigenvalue weighted by Crippen LogP contribution is 2.30. The Bertz CT molecular complexity index is 509. The Morgan fingerprint density at radius 3 is 2.52 bits per heavy atom. The van der Waals surface area contributed by atoms with Crippen molar-refractivity contribution < 1.29 is 24.2 Å². The number of ether oxygens (including phenoxy) is 2. The van der Waals surface area contributed by atoms with Gasteiger partial charge in [0.1, 0.15) is 0 Å². The predicted molar refractivity (Wildman–Crippen MR) is 75.5 cm³/mol. The van der Waals surface area contributed by atoms with Gasteiger partial charge in [-0.1, -0.05) is 30.3 Å². The van der Waals surface area contributed by atoms with E-state index < -0.39 is 29.7 Å². The van der Waals surface area contributed by atoms with Crippen LogP contribution in [-0.4, -0.2) is 28.9 Å². The van der Waals surface area contributed by atoms with E-state index in [1.165, 1.54) is 0 Å². The summed E-state index contributed by atoms with van der Waals surface area (Å²) in [5, 5.41) is 9.33. The number of carbonyl (C=O) groups excluding carboxylic acids is 1. The number of hydrogen-bond acceptors (Lipinski definition) is 4. The van der Waals surface area contributed by atoms with Crippen molar-refractivity contribution >= 4 is 11.9 Å². The number of carboxylic acids is 1. The molecule has 1 aliphatic rings. The highest BCUT2D eigenvalue weighted by Gasteiger charge is 2.47. The van der Waals surface area contributed by atoms with Crippen LogP contribution in [0.25, 0.3) is 0 Å². The molecule has 1 heterocycles. The van der Waals surface area contributed by atoms with Gasteiger partial charge in [0.05, 0.1) is 5.92 Å². The van der Waals surface area contributed by atoms with Crippen molar-refractivity contribution in [1.82, 2.24) is 0 Å². The van der Waals surface area contributed by atoms with Gasteiger partial charge in [-0.3, -0.25) is 4.79 Å². The second-order valence-corrected chi connectivity index (χ2v) is 5.68. The molecule has 1 N–H and O–H groups in total. The Labute approximate surface area is 123 Å². The van der Waals surface area contributed by atoms with Crippen molar-refractivity contribution in [2.45, 2.75) is 45.0 Å². The predicted octanol–water partition coefficient (Wildman–Crippen LogP) is 2.39. The molecular weight excluding hydrogens is 272 g/mol. The highest BCUT2D eigenvalue weighted by molar-refractivity contribution is 5.84. The van der Waals surface area contributed by atoms with Crippen molar-refractivity contribution in [3.05, 3.63) is 35.9 Å². The van der Waals surface area contributed by atoms with E-state index in [4.69, 9.17) is 9.47 Å². The third-order valence-electron chi connectivity index (χ3n) is 3.50. The molecule has 2 rings (SSSR count). The average Bonchev–Trinajstić information content (AvgIpc) is 2.68. The lowest BCUT2D eigenvalue weighted by molar-refractivity contribution is -0.163. The van der Waals surface area contributed by atoms with E-state index in [2.05, 4.69) is 0 Å². The van der Waals surface area contributed by atoms with Crippen LogP contribution in [-0.2, 0) is 25.5 Å². The van der Waals surface area contributed by atoms with Crippen LogP contribution < -0.4 is 0 Å². The second-order valence-electron chi connectivity index (χ2n) is 5.68. The normalized spacial score (nSPS) is 21.8. The summed E-state index contributed by atoms with van der Waals surface area (Å²) in [7, 11) is 0. The first-order valence-electron chi connectivity index (χ1n) is 7.06. The van der Waals surface area contributed by atoms with Crippen LogP contribution in [0.15, 0.2) is 30.3 Å². The molecule has 21 heavy (non-hydrogen) atoms. The molecule has 0 aromatic heterocycles. The molecule has 0 spiro atoms. The lowest BCUT2D eigenvalue weighted by atomic mass is 9.94. The topological polar surface area (TPSA) is 72.8 Å². The van der Waals surface area contributed by atoms with Gasteiger partial charge < -0.3 is 14.6 Å². The van der Waals surface area contributed by atoms with E-state index in [1.54, 1.807) is 13.8 Å². The molecule has 0 bridgehead atoms. The number of carboxylic acid groups (broad SMARTS) is 1. The Morgan fingerprint density at radius 1 is 1.33 bits per heavy atom. The van der Waals surface area contributed by atoms with Crippen molar-refractivity contribution in [2.24, 2.45) is 5.92 Å². The Kier molecular flexibility index (Phi) is 4.63. The van der Waals surface area contributed by atoms with Crippen LogP contribution in [0.1, 0.15) is 32.3 Å². The van der Waals surface area contributed by atoms with Gasteiger partial charge in [0.15, 0.2) is 6.10 Å². The third-order valence-corrected chi connectivity index (χ3v) is 3.50. The number of aryl methyl sites for hydroxylation is 1. The zero-order valence-corrected chi connectivity index (χ0v) is 12.2. The maximum absolute atomic E-state index is 11.8. The van der Waals surface area contributed by atoms with E-state index in [-0.39, 0.29) is 0 Å². The summed E-state index contributed by atoms with van der Waals surface area (Å²) >= 11 is 0. The van der Waals surface area contributed by atoms with Crippen LogP contribution in [0.5, 0.6) is 0 Å². The molecule has 1 fully saturated rings. The summed E-state index contributed by atoms with van der Waals surface area (Å²) in [4.78, 5) is 23.2. The zero-order chi connectivity index (χ0) is 15.5. The van der Waals surface area contributed by atoms with E-state index in [0.29, 0.717) is 12.8 Å². The van der Waals surface area contributed by atoms with Crippen LogP contribution >= 0.6 is 0 Å². The van der Waals surface area contributed by atoms with Crippen LogP contribution in [0, 0.1) is 5.92 Å². The molecule has 1 aromatic rings.